The van der Waals surface area contributed by atoms with E-state index in [-0.39, 0.29) is 76.3 Å². The summed E-state index contributed by atoms with van der Waals surface area (Å²) in [4.78, 5) is 156. The van der Waals surface area contributed by atoms with Gasteiger partial charge in [-0.15, -0.1) is 5.06 Å². The number of nitrogens with zero attached hydrogens (tertiary/aromatic N) is 4. The number of carbonyl (C=O) groups excluding carboxylic acids is 11. The number of allylic oxidation sites excluding steroid dienone is 3. The Labute approximate surface area is 546 Å². The number of amides is 9. The van der Waals surface area contributed by atoms with E-state index in [0.717, 1.165) is 11.1 Å². The fourth-order valence-electron chi connectivity index (χ4n) is 11.9. The highest BCUT2D eigenvalue weighted by Crippen LogP contribution is 2.49. The lowest BCUT2D eigenvalue weighted by Crippen LogP contribution is -2.63. The third-order valence-electron chi connectivity index (χ3n) is 17.7. The molecule has 2 aromatic rings. The Hall–Kier alpha value is -7.98. The van der Waals surface area contributed by atoms with E-state index in [9.17, 15) is 57.8 Å². The Bertz CT molecular complexity index is 3230. The van der Waals surface area contributed by atoms with Crippen LogP contribution in [-0.2, 0) is 79.7 Å². The van der Waals surface area contributed by atoms with E-state index in [1.165, 1.54) is 36.9 Å². The molecule has 93 heavy (non-hydrogen) atoms. The maximum absolute atomic E-state index is 14.7. The number of anilines is 2. The molecule has 9 amide bonds. The van der Waals surface area contributed by atoms with Crippen LogP contribution in [0.15, 0.2) is 54.1 Å². The molecule has 5 aliphatic heterocycles. The van der Waals surface area contributed by atoms with Crippen LogP contribution in [0, 0.1) is 18.8 Å². The summed E-state index contributed by atoms with van der Waals surface area (Å²) < 4.78 is 29.8. The van der Waals surface area contributed by atoms with Gasteiger partial charge in [0.25, 0.3) is 17.7 Å². The number of epoxide rings is 1. The van der Waals surface area contributed by atoms with E-state index in [2.05, 4.69) is 21.3 Å². The lowest BCUT2D eigenvalue weighted by atomic mass is 9.83. The molecular formula is C65H88ClN9O18. The Morgan fingerprint density at radius 3 is 2.29 bits per heavy atom. The number of morpholine rings is 1. The summed E-state index contributed by atoms with van der Waals surface area (Å²) in [6, 6.07) is 4.18. The molecule has 4 bridgehead atoms. The van der Waals surface area contributed by atoms with Gasteiger partial charge >= 0.3 is 24.1 Å². The van der Waals surface area contributed by atoms with Gasteiger partial charge in [-0.05, 0) is 101 Å². The zero-order valence-electron chi connectivity index (χ0n) is 54.5. The average molecular weight is 1320 g/mol. The number of primary amides is 1. The van der Waals surface area contributed by atoms with Crippen molar-refractivity contribution < 1.29 is 86.4 Å². The number of nitrogens with two attached hydrogens (primary N) is 1. The van der Waals surface area contributed by atoms with Gasteiger partial charge in [-0.2, -0.15) is 0 Å². The van der Waals surface area contributed by atoms with Gasteiger partial charge < -0.3 is 70.0 Å². The summed E-state index contributed by atoms with van der Waals surface area (Å²) in [5, 5.41) is 23.3. The minimum Gasteiger partial charge on any atom is -0.457 e. The monoisotopic (exact) mass is 1320 g/mol. The number of fused-ring (bicyclic) bond motifs is 5. The zero-order valence-corrected chi connectivity index (χ0v) is 55.2. The maximum atomic E-state index is 14.7. The molecule has 2 aromatic carbocycles. The number of halogens is 1. The fraction of sp³-hybridized carbons (Fsp3) is 0.585. The standard InChI is InChI=1S/C65H88ClN9O18/c1-36(2)57(70-51(77)18-11-12-19-55(81)93-75-52(78)22-23-53(75)79)59(82)69-44(16-14-24-68-62(67)85)47(76)33-42-20-21-43(32-45(42)74-25-27-89-28-26-74)60(83)72(8)40(6)61(84)91-50-34-54(80)73(9)46-31-41(30-38(4)56(46)66)29-37(3)15-13-17-49(88-10)65(87)35-48(90-63(86)71-65)39(5)58-64(50,7)92-58/h13,15,17,20-21,30-32,36,39-40,44,48-50,57-58,87H,11-12,14,16,18-19,22-29,33-35H2,1-10H3,(H,69,82)(H,70,77)(H,71,86)(H3,67,68,85)/b17-13+,37-15+/t39-,40+,44+,48+,49-,50+,57+,58+,64+,65+/m1/s1. The third-order valence-corrected chi connectivity index (χ3v) is 18.2. The Kier molecular flexibility index (Phi) is 24.7. The number of ether oxygens (including phenoxy) is 5. The zero-order chi connectivity index (χ0) is 68.2. The lowest BCUT2D eigenvalue weighted by Gasteiger charge is -2.42. The van der Waals surface area contributed by atoms with E-state index in [4.69, 9.17) is 45.9 Å². The first-order valence-electron chi connectivity index (χ1n) is 31.4. The minimum absolute atomic E-state index is 0.0516. The number of imide groups is 1. The fourth-order valence-corrected chi connectivity index (χ4v) is 12.1. The largest absolute Gasteiger partial charge is 0.457 e. The van der Waals surface area contributed by atoms with Crippen molar-refractivity contribution in [1.29, 1.82) is 0 Å². The first-order valence-corrected chi connectivity index (χ1v) is 31.8. The summed E-state index contributed by atoms with van der Waals surface area (Å²) >= 11 is 6.90. The minimum atomic E-state index is -1.91. The van der Waals surface area contributed by atoms with Crippen LogP contribution in [0.2, 0.25) is 5.02 Å². The molecule has 5 heterocycles. The predicted octanol–water partition coefficient (Wildman–Crippen LogP) is 4.32. The van der Waals surface area contributed by atoms with Crippen molar-refractivity contribution in [2.75, 3.05) is 63.9 Å². The van der Waals surface area contributed by atoms with Gasteiger partial charge in [-0.3, -0.25) is 38.9 Å². The molecule has 5 aliphatic rings. The molecule has 7 rings (SSSR count). The SMILES string of the molecule is CO[C@@H]1/C=C/C=C(\C)Cc2cc(C)c(Cl)c(c2)N(C)C(=O)C[C@H](OC(=O)[C@H](C)N(C)C(=O)c2ccc(CC(=O)[C@H](CCCNC(N)=O)NC(=O)[C@@H](NC(=O)CCCCC(=O)ON3C(=O)CCC3=O)C(C)C)c(N3CCOCC3)c2)[C@]2(C)O[C@H]2[C@H](C)[C@@H]2C[C@@]1(O)NC(=O)O2. The van der Waals surface area contributed by atoms with Gasteiger partial charge in [0.1, 0.15) is 36.0 Å². The maximum Gasteiger partial charge on any atom is 0.409 e. The average Bonchev–Trinajstić information content (AvgIpc) is 1.58. The molecule has 0 saturated carbocycles. The number of rotatable bonds is 23. The number of aryl methyl sites for hydroxylation is 1. The van der Waals surface area contributed by atoms with Crippen molar-refractivity contribution in [3.05, 3.63) is 81.4 Å². The molecule has 0 spiro atoms. The summed E-state index contributed by atoms with van der Waals surface area (Å²) in [7, 11) is 4.40. The highest BCUT2D eigenvalue weighted by Gasteiger charge is 2.64. The number of likely N-dealkylation sites (N-methyl/N-ethyl adjacent to an activating group) is 1. The van der Waals surface area contributed by atoms with Gasteiger partial charge in [0.15, 0.2) is 11.5 Å². The number of alkyl carbamates (subject to hydrolysis) is 1. The van der Waals surface area contributed by atoms with E-state index in [1.807, 2.05) is 37.0 Å². The number of methoxy groups -OCH3 is 1. The second-order valence-electron chi connectivity index (χ2n) is 25.1. The van der Waals surface area contributed by atoms with Crippen molar-refractivity contribution in [1.82, 2.24) is 31.2 Å². The number of esters is 1. The van der Waals surface area contributed by atoms with Crippen LogP contribution in [0.5, 0.6) is 0 Å². The van der Waals surface area contributed by atoms with Crippen molar-refractivity contribution >= 4 is 88.3 Å². The van der Waals surface area contributed by atoms with Crippen LogP contribution < -0.4 is 36.8 Å². The number of hydroxylamine groups is 2. The number of Topliss-reactive ketones (excluding diaryl/α,β-unsaturated/α-hetero) is 1. The van der Waals surface area contributed by atoms with Crippen LogP contribution in [-0.4, -0.2) is 188 Å². The summed E-state index contributed by atoms with van der Waals surface area (Å²) in [5.74, 6) is -6.70. The quantitative estimate of drug-likeness (QED) is 0.0390. The van der Waals surface area contributed by atoms with Gasteiger partial charge in [0.2, 0.25) is 17.7 Å². The van der Waals surface area contributed by atoms with Crippen LogP contribution >= 0.6 is 11.6 Å². The molecule has 7 N–H and O–H groups in total. The van der Waals surface area contributed by atoms with Gasteiger partial charge in [0.05, 0.1) is 42.5 Å². The number of urea groups is 1. The second kappa shape index (κ2) is 31.8. The summed E-state index contributed by atoms with van der Waals surface area (Å²) in [6.07, 6.45) is 0.255. The lowest BCUT2D eigenvalue weighted by molar-refractivity contribution is -0.197. The molecule has 0 radical (unpaired) electrons. The molecule has 0 aliphatic carbocycles. The van der Waals surface area contributed by atoms with Crippen molar-refractivity contribution in [2.24, 2.45) is 17.6 Å². The first-order chi connectivity index (χ1) is 43.9. The van der Waals surface area contributed by atoms with Gasteiger partial charge in [-0.25, -0.2) is 19.2 Å². The number of nitrogens with one attached hydrogen (secondary N) is 4. The highest BCUT2D eigenvalue weighted by molar-refractivity contribution is 6.34. The smallest absolute Gasteiger partial charge is 0.409 e. The molecular weight excluding hydrogens is 1230 g/mol. The van der Waals surface area contributed by atoms with Crippen LogP contribution in [0.25, 0.3) is 0 Å². The van der Waals surface area contributed by atoms with E-state index >= 15 is 0 Å². The Morgan fingerprint density at radius 1 is 0.935 bits per heavy atom. The number of carbonyl (C=O) groups is 11. The number of benzene rings is 2. The summed E-state index contributed by atoms with van der Waals surface area (Å²) in [6.45, 7) is 13.6. The van der Waals surface area contributed by atoms with Gasteiger partial charge in [-0.1, -0.05) is 68.3 Å². The van der Waals surface area contributed by atoms with Crippen molar-refractivity contribution in [3.63, 3.8) is 0 Å². The molecule has 10 atom stereocenters. The van der Waals surface area contributed by atoms with E-state index in [1.54, 1.807) is 59.0 Å². The number of ketones is 1. The molecule has 0 aromatic heterocycles. The van der Waals surface area contributed by atoms with Crippen LogP contribution in [0.3, 0.4) is 0 Å². The van der Waals surface area contributed by atoms with Crippen molar-refractivity contribution in [2.45, 2.75) is 179 Å². The topological polar surface area (TPSA) is 354 Å². The Balaban J connectivity index is 1.08. The molecule has 27 nitrogen and oxygen atoms in total. The first kappa shape index (κ1) is 72.4. The molecule has 0 unspecified atom stereocenters. The Morgan fingerprint density at radius 2 is 1.62 bits per heavy atom. The highest BCUT2D eigenvalue weighted by atomic mass is 35.5. The molecule has 508 valence electrons. The predicted molar refractivity (Wildman–Crippen MR) is 338 cm³/mol. The van der Waals surface area contributed by atoms with E-state index < -0.39 is 137 Å². The van der Waals surface area contributed by atoms with Crippen LogP contribution in [0.1, 0.15) is 133 Å². The number of hydrogen-bond donors (Lipinski definition) is 6. The number of hydrogen-bond acceptors (Lipinski definition) is 19. The number of unbranched alkanes of at least 4 members (excludes halogenated alkanes) is 1. The van der Waals surface area contributed by atoms with Gasteiger partial charge in [0, 0.05) is 96.5 Å². The summed E-state index contributed by atoms with van der Waals surface area (Å²) in [5.41, 5.74) is 6.06. The van der Waals surface area contributed by atoms with E-state index in [0.29, 0.717) is 65.3 Å². The molecule has 4 fully saturated rings. The third kappa shape index (κ3) is 18.5. The molecule has 28 heteroatoms. The normalized spacial score (nSPS) is 25.2. The van der Waals surface area contributed by atoms with Crippen molar-refractivity contribution in [3.8, 4) is 0 Å². The number of aliphatic hydroxyl groups is 1. The molecule has 4 saturated heterocycles. The second-order valence-corrected chi connectivity index (χ2v) is 25.4. The van der Waals surface area contributed by atoms with Crippen LogP contribution in [0.4, 0.5) is 21.0 Å².